The van der Waals surface area contributed by atoms with E-state index in [0.29, 0.717) is 11.7 Å². The highest BCUT2D eigenvalue weighted by Crippen LogP contribution is 2.26. The Morgan fingerprint density at radius 1 is 1.22 bits per heavy atom. The number of hydrogen-bond donors (Lipinski definition) is 1. The van der Waals surface area contributed by atoms with Crippen molar-refractivity contribution in [1.82, 2.24) is 9.78 Å². The minimum Gasteiger partial charge on any atom is -0.508 e. The van der Waals surface area contributed by atoms with E-state index in [2.05, 4.69) is 18.9 Å². The van der Waals surface area contributed by atoms with Gasteiger partial charge in [-0.15, -0.1) is 0 Å². The summed E-state index contributed by atoms with van der Waals surface area (Å²) in [5.41, 5.74) is 2.86. The van der Waals surface area contributed by atoms with Crippen LogP contribution in [0, 0.1) is 0 Å². The van der Waals surface area contributed by atoms with Gasteiger partial charge in [0.05, 0.1) is 5.69 Å². The Hall–Kier alpha value is -2.03. The van der Waals surface area contributed by atoms with Crippen molar-refractivity contribution < 1.29 is 5.11 Å². The van der Waals surface area contributed by atoms with Gasteiger partial charge in [0.25, 0.3) is 0 Å². The SMILES string of the molecule is CC(C)c1ccc(/C=C/c2ccn(C)n2)cc1O. The van der Waals surface area contributed by atoms with Crippen molar-refractivity contribution >= 4 is 12.2 Å². The molecule has 0 aliphatic carbocycles. The average Bonchev–Trinajstić information content (AvgIpc) is 2.72. The highest BCUT2D eigenvalue weighted by Gasteiger charge is 2.05. The highest BCUT2D eigenvalue weighted by molar-refractivity contribution is 5.68. The van der Waals surface area contributed by atoms with Crippen LogP contribution in [0.5, 0.6) is 5.75 Å². The quantitative estimate of drug-likeness (QED) is 0.895. The third-order valence-corrected chi connectivity index (χ3v) is 2.86. The lowest BCUT2D eigenvalue weighted by Crippen LogP contribution is -1.88. The van der Waals surface area contributed by atoms with Crippen LogP contribution in [0.25, 0.3) is 12.2 Å². The van der Waals surface area contributed by atoms with Crippen LogP contribution in [0.3, 0.4) is 0 Å². The predicted octanol–water partition coefficient (Wildman–Crippen LogP) is 3.42. The van der Waals surface area contributed by atoms with Gasteiger partial charge in [-0.2, -0.15) is 5.10 Å². The van der Waals surface area contributed by atoms with Crippen molar-refractivity contribution in [1.29, 1.82) is 0 Å². The number of aryl methyl sites for hydroxylation is 1. The number of phenolic OH excluding ortho intramolecular Hbond substituents is 1. The van der Waals surface area contributed by atoms with Gasteiger partial charge in [-0.05, 0) is 35.3 Å². The van der Waals surface area contributed by atoms with Crippen LogP contribution in [0.15, 0.2) is 30.5 Å². The Balaban J connectivity index is 2.20. The molecule has 3 heteroatoms. The van der Waals surface area contributed by atoms with Gasteiger partial charge in [-0.3, -0.25) is 4.68 Å². The first-order chi connectivity index (χ1) is 8.56. The Morgan fingerprint density at radius 3 is 2.56 bits per heavy atom. The second kappa shape index (κ2) is 5.08. The van der Waals surface area contributed by atoms with Crippen LogP contribution in [-0.4, -0.2) is 14.9 Å². The molecule has 0 unspecified atom stereocenters. The first kappa shape index (κ1) is 12.4. The van der Waals surface area contributed by atoms with E-state index in [9.17, 15) is 5.11 Å². The van der Waals surface area contributed by atoms with E-state index >= 15 is 0 Å². The summed E-state index contributed by atoms with van der Waals surface area (Å²) in [5.74, 6) is 0.687. The molecule has 0 fully saturated rings. The summed E-state index contributed by atoms with van der Waals surface area (Å²) in [7, 11) is 1.89. The van der Waals surface area contributed by atoms with Crippen molar-refractivity contribution in [3.8, 4) is 5.75 Å². The lowest BCUT2D eigenvalue weighted by Gasteiger charge is -2.08. The standard InChI is InChI=1S/C15H18N2O/c1-11(2)14-7-5-12(10-15(14)18)4-6-13-8-9-17(3)16-13/h4-11,18H,1-3H3/b6-4+. The molecule has 0 aliphatic heterocycles. The third-order valence-electron chi connectivity index (χ3n) is 2.86. The van der Waals surface area contributed by atoms with E-state index in [1.54, 1.807) is 10.7 Å². The monoisotopic (exact) mass is 242 g/mol. The third kappa shape index (κ3) is 2.80. The molecule has 2 rings (SSSR count). The van der Waals surface area contributed by atoms with Crippen molar-refractivity contribution in [2.24, 2.45) is 7.05 Å². The van der Waals surface area contributed by atoms with Gasteiger partial charge >= 0.3 is 0 Å². The van der Waals surface area contributed by atoms with Crippen LogP contribution < -0.4 is 0 Å². The number of phenols is 1. The van der Waals surface area contributed by atoms with Crippen LogP contribution in [0.2, 0.25) is 0 Å². The summed E-state index contributed by atoms with van der Waals surface area (Å²) in [6.07, 6.45) is 5.79. The lowest BCUT2D eigenvalue weighted by molar-refractivity contribution is 0.465. The van der Waals surface area contributed by atoms with E-state index in [1.807, 2.05) is 43.6 Å². The maximum Gasteiger partial charge on any atom is 0.119 e. The Kier molecular flexibility index (Phi) is 3.51. The van der Waals surface area contributed by atoms with E-state index in [1.165, 1.54) is 0 Å². The lowest BCUT2D eigenvalue weighted by atomic mass is 10.0. The van der Waals surface area contributed by atoms with Crippen LogP contribution in [0.4, 0.5) is 0 Å². The fourth-order valence-electron chi connectivity index (χ4n) is 1.86. The van der Waals surface area contributed by atoms with E-state index in [4.69, 9.17) is 0 Å². The van der Waals surface area contributed by atoms with Crippen LogP contribution in [0.1, 0.15) is 36.6 Å². The molecule has 1 heterocycles. The number of hydrogen-bond acceptors (Lipinski definition) is 2. The molecule has 0 atom stereocenters. The summed E-state index contributed by atoms with van der Waals surface area (Å²) in [4.78, 5) is 0. The van der Waals surface area contributed by atoms with Gasteiger partial charge in [-0.25, -0.2) is 0 Å². The Bertz CT molecular complexity index is 568. The molecule has 3 nitrogen and oxygen atoms in total. The van der Waals surface area contributed by atoms with Crippen molar-refractivity contribution in [3.05, 3.63) is 47.3 Å². The molecule has 0 amide bonds. The zero-order valence-electron chi connectivity index (χ0n) is 11.0. The highest BCUT2D eigenvalue weighted by atomic mass is 16.3. The summed E-state index contributed by atoms with van der Waals surface area (Å²) < 4.78 is 1.76. The maximum absolute atomic E-state index is 9.91. The van der Waals surface area contributed by atoms with Gasteiger partial charge < -0.3 is 5.11 Å². The zero-order chi connectivity index (χ0) is 13.1. The molecule has 1 N–H and O–H groups in total. The molecule has 18 heavy (non-hydrogen) atoms. The second-order valence-corrected chi connectivity index (χ2v) is 4.72. The number of rotatable bonds is 3. The molecular formula is C15H18N2O. The zero-order valence-corrected chi connectivity index (χ0v) is 11.0. The summed E-state index contributed by atoms with van der Waals surface area (Å²) in [6.45, 7) is 4.14. The molecule has 0 saturated heterocycles. The van der Waals surface area contributed by atoms with Gasteiger partial charge in [0.15, 0.2) is 0 Å². The van der Waals surface area contributed by atoms with Gasteiger partial charge in [-0.1, -0.05) is 32.1 Å². The van der Waals surface area contributed by atoms with E-state index in [0.717, 1.165) is 16.8 Å². The fourth-order valence-corrected chi connectivity index (χ4v) is 1.86. The molecule has 0 radical (unpaired) electrons. The molecule has 94 valence electrons. The molecule has 2 aromatic rings. The molecule has 0 aliphatic rings. The molecule has 1 aromatic heterocycles. The molecule has 0 bridgehead atoms. The van der Waals surface area contributed by atoms with E-state index < -0.39 is 0 Å². The number of nitrogens with zero attached hydrogens (tertiary/aromatic N) is 2. The van der Waals surface area contributed by atoms with Gasteiger partial charge in [0.2, 0.25) is 0 Å². The topological polar surface area (TPSA) is 38.0 Å². The number of aromatic hydroxyl groups is 1. The Labute approximate surface area is 107 Å². The normalized spacial score (nSPS) is 11.6. The average molecular weight is 242 g/mol. The summed E-state index contributed by atoms with van der Waals surface area (Å²) in [6, 6.07) is 7.71. The van der Waals surface area contributed by atoms with Crippen molar-refractivity contribution in [2.75, 3.05) is 0 Å². The Morgan fingerprint density at radius 2 is 2.00 bits per heavy atom. The van der Waals surface area contributed by atoms with E-state index in [-0.39, 0.29) is 0 Å². The summed E-state index contributed by atoms with van der Waals surface area (Å²) in [5, 5.41) is 14.2. The minimum absolute atomic E-state index is 0.332. The molecule has 0 saturated carbocycles. The first-order valence-corrected chi connectivity index (χ1v) is 6.07. The van der Waals surface area contributed by atoms with Crippen molar-refractivity contribution in [2.45, 2.75) is 19.8 Å². The molecule has 1 aromatic carbocycles. The molecular weight excluding hydrogens is 224 g/mol. The predicted molar refractivity (Wildman–Crippen MR) is 74.3 cm³/mol. The first-order valence-electron chi connectivity index (χ1n) is 6.07. The number of aromatic nitrogens is 2. The van der Waals surface area contributed by atoms with Gasteiger partial charge in [0.1, 0.15) is 5.75 Å². The van der Waals surface area contributed by atoms with Gasteiger partial charge in [0, 0.05) is 13.2 Å². The smallest absolute Gasteiger partial charge is 0.119 e. The largest absolute Gasteiger partial charge is 0.508 e. The van der Waals surface area contributed by atoms with Crippen LogP contribution >= 0.6 is 0 Å². The fraction of sp³-hybridized carbons (Fsp3) is 0.267. The second-order valence-electron chi connectivity index (χ2n) is 4.72. The summed E-state index contributed by atoms with van der Waals surface area (Å²) >= 11 is 0. The minimum atomic E-state index is 0.332. The maximum atomic E-state index is 9.91. The van der Waals surface area contributed by atoms with Crippen LogP contribution in [-0.2, 0) is 7.05 Å². The molecule has 0 spiro atoms. The van der Waals surface area contributed by atoms with Crippen molar-refractivity contribution in [3.63, 3.8) is 0 Å². The number of benzene rings is 1.